The van der Waals surface area contributed by atoms with Crippen LogP contribution in [0.4, 0.5) is 0 Å². The Morgan fingerprint density at radius 3 is 2.36 bits per heavy atom. The molecule has 1 aliphatic rings. The maximum Gasteiger partial charge on any atom is 0.150 e. The quantitative estimate of drug-likeness (QED) is 0.549. The zero-order valence-electron chi connectivity index (χ0n) is 14.9. The van der Waals surface area contributed by atoms with Gasteiger partial charge in [-0.05, 0) is 29.3 Å². The third-order valence-corrected chi connectivity index (χ3v) is 5.08. The van der Waals surface area contributed by atoms with Gasteiger partial charge < -0.3 is 20.1 Å². The molecule has 4 rings (SSSR count). The van der Waals surface area contributed by atoms with E-state index in [0.717, 1.165) is 11.1 Å². The number of hydrogen-bond donors (Lipinski definition) is 3. The van der Waals surface area contributed by atoms with E-state index >= 15 is 0 Å². The number of fused-ring (bicyclic) bond motifs is 1. The van der Waals surface area contributed by atoms with Gasteiger partial charge in [0.05, 0.1) is 11.7 Å². The highest BCUT2D eigenvalue weighted by molar-refractivity contribution is 6.30. The van der Waals surface area contributed by atoms with Gasteiger partial charge in [-0.2, -0.15) is 0 Å². The van der Waals surface area contributed by atoms with Crippen LogP contribution in [0.5, 0.6) is 17.2 Å². The van der Waals surface area contributed by atoms with Crippen LogP contribution in [0.15, 0.2) is 60.7 Å². The second-order valence-corrected chi connectivity index (χ2v) is 7.18. The summed E-state index contributed by atoms with van der Waals surface area (Å²) in [4.78, 5) is 0. The average molecular weight is 395 g/mol. The third-order valence-electron chi connectivity index (χ3n) is 4.83. The fourth-order valence-corrected chi connectivity index (χ4v) is 3.52. The Hall–Kier alpha value is -2.95. The third kappa shape index (κ3) is 3.57. The van der Waals surface area contributed by atoms with Gasteiger partial charge in [-0.15, -0.1) is 0 Å². The number of benzene rings is 3. The molecule has 142 valence electrons. The molecular weight excluding hydrogens is 376 g/mol. The van der Waals surface area contributed by atoms with Gasteiger partial charge in [0, 0.05) is 23.1 Å². The van der Waals surface area contributed by atoms with Gasteiger partial charge in [0.2, 0.25) is 0 Å². The summed E-state index contributed by atoms with van der Waals surface area (Å²) in [6.07, 6.45) is 2.35. The summed E-state index contributed by atoms with van der Waals surface area (Å²) in [5, 5.41) is 31.9. The first-order valence-corrected chi connectivity index (χ1v) is 9.32. The first-order valence-electron chi connectivity index (χ1n) is 8.94. The van der Waals surface area contributed by atoms with Gasteiger partial charge in [-0.25, -0.2) is 0 Å². The lowest BCUT2D eigenvalue weighted by molar-refractivity contribution is 0.0196. The van der Waals surface area contributed by atoms with E-state index in [1.165, 1.54) is 6.07 Å². The number of aliphatic hydroxyl groups is 1. The van der Waals surface area contributed by atoms with Crippen molar-refractivity contribution in [2.45, 2.75) is 18.6 Å². The molecule has 3 N–H and O–H groups in total. The highest BCUT2D eigenvalue weighted by Crippen LogP contribution is 2.46. The zero-order chi connectivity index (χ0) is 19.7. The number of aliphatic hydroxyl groups excluding tert-OH is 1. The lowest BCUT2D eigenvalue weighted by atomic mass is 9.92. The summed E-state index contributed by atoms with van der Waals surface area (Å²) in [5.74, 6) is 0.183. The van der Waals surface area contributed by atoms with Crippen LogP contribution in [-0.4, -0.2) is 21.4 Å². The minimum absolute atomic E-state index is 0.0883. The summed E-state index contributed by atoms with van der Waals surface area (Å²) in [5.41, 5.74) is 2.67. The number of hydrogen-bond acceptors (Lipinski definition) is 4. The molecule has 0 amide bonds. The van der Waals surface area contributed by atoms with Crippen molar-refractivity contribution < 1.29 is 20.1 Å². The Labute approximate surface area is 167 Å². The van der Waals surface area contributed by atoms with Gasteiger partial charge >= 0.3 is 0 Å². The van der Waals surface area contributed by atoms with Crippen LogP contribution in [0.1, 0.15) is 28.4 Å². The van der Waals surface area contributed by atoms with Gasteiger partial charge in [-0.3, -0.25) is 0 Å². The van der Waals surface area contributed by atoms with Crippen molar-refractivity contribution in [2.75, 3.05) is 0 Å². The SMILES string of the molecule is Oc1cc(O)c2c(c1/C=C/c1ccccc1)OC(c1ccc(Cl)cc1)C(O)C2. The van der Waals surface area contributed by atoms with Gasteiger partial charge in [0.15, 0.2) is 0 Å². The average Bonchev–Trinajstić information content (AvgIpc) is 2.69. The van der Waals surface area contributed by atoms with E-state index in [9.17, 15) is 15.3 Å². The van der Waals surface area contributed by atoms with Crippen LogP contribution >= 0.6 is 11.6 Å². The highest BCUT2D eigenvalue weighted by Gasteiger charge is 2.33. The Morgan fingerprint density at radius 1 is 0.929 bits per heavy atom. The molecule has 0 saturated carbocycles. The maximum atomic E-state index is 10.6. The molecule has 0 bridgehead atoms. The minimum atomic E-state index is -0.838. The summed E-state index contributed by atoms with van der Waals surface area (Å²) in [7, 11) is 0. The number of phenolic OH excluding ortho intramolecular Hbond substituents is 2. The molecule has 2 unspecified atom stereocenters. The fraction of sp³-hybridized carbons (Fsp3) is 0.130. The largest absolute Gasteiger partial charge is 0.507 e. The molecule has 0 spiro atoms. The Balaban J connectivity index is 1.75. The molecule has 4 nitrogen and oxygen atoms in total. The Kier molecular flexibility index (Phi) is 4.99. The molecule has 28 heavy (non-hydrogen) atoms. The van der Waals surface area contributed by atoms with Crippen molar-refractivity contribution >= 4 is 23.8 Å². The number of ether oxygens (including phenoxy) is 1. The molecule has 0 aromatic heterocycles. The predicted molar refractivity (Wildman–Crippen MR) is 110 cm³/mol. The second-order valence-electron chi connectivity index (χ2n) is 6.74. The number of aromatic hydroxyl groups is 2. The van der Waals surface area contributed by atoms with Crippen molar-refractivity contribution in [2.24, 2.45) is 0 Å². The standard InChI is InChI=1S/C23H19ClO4/c24-16-9-7-15(8-10-16)22-21(27)12-18-20(26)13-19(25)17(23(18)28-22)11-6-14-4-2-1-3-5-14/h1-11,13,21-22,25-27H,12H2/b11-6+. The van der Waals surface area contributed by atoms with Crippen molar-refractivity contribution in [1.82, 2.24) is 0 Å². The second kappa shape index (κ2) is 7.58. The molecule has 3 aromatic carbocycles. The molecule has 2 atom stereocenters. The lowest BCUT2D eigenvalue weighted by Gasteiger charge is -2.32. The van der Waals surface area contributed by atoms with Gasteiger partial charge in [-0.1, -0.05) is 60.1 Å². The molecular formula is C23H19ClO4. The Bertz CT molecular complexity index is 1010. The summed E-state index contributed by atoms with van der Waals surface area (Å²) in [6, 6.07) is 18.0. The highest BCUT2D eigenvalue weighted by atomic mass is 35.5. The van der Waals surface area contributed by atoms with Crippen LogP contribution < -0.4 is 4.74 Å². The fourth-order valence-electron chi connectivity index (χ4n) is 3.39. The molecule has 0 radical (unpaired) electrons. The monoisotopic (exact) mass is 394 g/mol. The molecule has 5 heteroatoms. The Morgan fingerprint density at radius 2 is 1.64 bits per heavy atom. The van der Waals surface area contributed by atoms with Crippen LogP contribution in [0, 0.1) is 0 Å². The predicted octanol–water partition coefficient (Wildman–Crippen LogP) is 4.96. The van der Waals surface area contributed by atoms with Crippen molar-refractivity contribution in [1.29, 1.82) is 0 Å². The van der Waals surface area contributed by atoms with Crippen LogP contribution in [0.3, 0.4) is 0 Å². The van der Waals surface area contributed by atoms with E-state index in [-0.39, 0.29) is 17.9 Å². The maximum absolute atomic E-state index is 10.6. The van der Waals surface area contributed by atoms with Crippen molar-refractivity contribution in [3.05, 3.63) is 87.9 Å². The van der Waals surface area contributed by atoms with Crippen molar-refractivity contribution in [3.8, 4) is 17.2 Å². The smallest absolute Gasteiger partial charge is 0.150 e. The summed E-state index contributed by atoms with van der Waals surface area (Å²) < 4.78 is 6.09. The van der Waals surface area contributed by atoms with E-state index in [1.54, 1.807) is 30.3 Å². The topological polar surface area (TPSA) is 69.9 Å². The molecule has 0 aliphatic carbocycles. The number of rotatable bonds is 3. The van der Waals surface area contributed by atoms with Crippen LogP contribution in [0.25, 0.3) is 12.2 Å². The molecule has 3 aromatic rings. The van der Waals surface area contributed by atoms with E-state index in [2.05, 4.69) is 0 Å². The normalized spacial score (nSPS) is 18.6. The summed E-state index contributed by atoms with van der Waals surface area (Å²) >= 11 is 5.96. The van der Waals surface area contributed by atoms with E-state index < -0.39 is 12.2 Å². The van der Waals surface area contributed by atoms with E-state index in [0.29, 0.717) is 21.9 Å². The van der Waals surface area contributed by atoms with Crippen LogP contribution in [-0.2, 0) is 6.42 Å². The first kappa shape index (κ1) is 18.4. The van der Waals surface area contributed by atoms with E-state index in [1.807, 2.05) is 36.4 Å². The molecule has 1 heterocycles. The zero-order valence-corrected chi connectivity index (χ0v) is 15.7. The summed E-state index contributed by atoms with van der Waals surface area (Å²) in [6.45, 7) is 0. The first-order chi connectivity index (χ1) is 13.5. The van der Waals surface area contributed by atoms with Crippen molar-refractivity contribution in [3.63, 3.8) is 0 Å². The van der Waals surface area contributed by atoms with Gasteiger partial charge in [0.1, 0.15) is 23.4 Å². The van der Waals surface area contributed by atoms with E-state index in [4.69, 9.17) is 16.3 Å². The lowest BCUT2D eigenvalue weighted by Crippen LogP contribution is -2.30. The van der Waals surface area contributed by atoms with Crippen LogP contribution in [0.2, 0.25) is 5.02 Å². The molecule has 0 fully saturated rings. The molecule has 0 saturated heterocycles. The molecule has 1 aliphatic heterocycles. The number of halogens is 1. The minimum Gasteiger partial charge on any atom is -0.507 e. The van der Waals surface area contributed by atoms with Gasteiger partial charge in [0.25, 0.3) is 0 Å². The number of phenols is 2.